The van der Waals surface area contributed by atoms with Crippen LogP contribution in [0.1, 0.15) is 19.8 Å². The Hall–Kier alpha value is -2.18. The lowest BCUT2D eigenvalue weighted by Crippen LogP contribution is -2.24. The van der Waals surface area contributed by atoms with Gasteiger partial charge in [-0.25, -0.2) is 0 Å². The molecular formula is C16H13Cl2NO5. The maximum Gasteiger partial charge on any atom is 0.308 e. The molecule has 126 valence electrons. The van der Waals surface area contributed by atoms with Gasteiger partial charge in [-0.05, 0) is 24.6 Å². The van der Waals surface area contributed by atoms with Gasteiger partial charge < -0.3 is 14.3 Å². The Bertz CT molecular complexity index is 830. The van der Waals surface area contributed by atoms with Crippen LogP contribution in [-0.4, -0.2) is 23.5 Å². The van der Waals surface area contributed by atoms with Crippen molar-refractivity contribution in [2.45, 2.75) is 19.8 Å². The summed E-state index contributed by atoms with van der Waals surface area (Å²) in [6.07, 6.45) is 1.01. The van der Waals surface area contributed by atoms with Crippen LogP contribution in [0.3, 0.4) is 0 Å². The molecule has 0 bridgehead atoms. The van der Waals surface area contributed by atoms with Gasteiger partial charge in [-0.2, -0.15) is 0 Å². The van der Waals surface area contributed by atoms with Crippen LogP contribution >= 0.6 is 23.2 Å². The van der Waals surface area contributed by atoms with Gasteiger partial charge >= 0.3 is 5.97 Å². The van der Waals surface area contributed by atoms with Gasteiger partial charge in [0.25, 0.3) is 5.88 Å². The zero-order chi connectivity index (χ0) is 17.4. The molecular weight excluding hydrogens is 357 g/mol. The maximum absolute atomic E-state index is 12.0. The number of hydrogen-bond donors (Lipinski definition) is 1. The van der Waals surface area contributed by atoms with Gasteiger partial charge in [0.05, 0.1) is 5.02 Å². The highest BCUT2D eigenvalue weighted by Crippen LogP contribution is 2.50. The largest absolute Gasteiger partial charge is 0.502 e. The molecule has 1 N–H and O–H groups in total. The number of nitrogens with zero attached hydrogens (tertiary/aromatic N) is 1. The van der Waals surface area contributed by atoms with Gasteiger partial charge in [0.2, 0.25) is 17.4 Å². The lowest BCUT2D eigenvalue weighted by atomic mass is 10.1. The SMILES string of the molecule is CC(=O)Oc1c(N2CCCC2=O)oc(-c2ccc(Cl)cc2Cl)c1O. The zero-order valence-electron chi connectivity index (χ0n) is 12.6. The quantitative estimate of drug-likeness (QED) is 0.826. The number of amides is 1. The highest BCUT2D eigenvalue weighted by atomic mass is 35.5. The minimum Gasteiger partial charge on any atom is -0.502 e. The fourth-order valence-corrected chi connectivity index (χ4v) is 3.02. The second-order valence-corrected chi connectivity index (χ2v) is 6.12. The molecule has 3 rings (SSSR count). The van der Waals surface area contributed by atoms with E-state index in [1.165, 1.54) is 17.9 Å². The number of carbonyl (C=O) groups excluding carboxylic acids is 2. The van der Waals surface area contributed by atoms with Crippen molar-refractivity contribution in [3.8, 4) is 22.8 Å². The Balaban J connectivity index is 2.15. The molecule has 0 aliphatic carbocycles. The summed E-state index contributed by atoms with van der Waals surface area (Å²) in [4.78, 5) is 24.7. The lowest BCUT2D eigenvalue weighted by Gasteiger charge is -2.13. The highest BCUT2D eigenvalue weighted by molar-refractivity contribution is 6.36. The topological polar surface area (TPSA) is 80.0 Å². The summed E-state index contributed by atoms with van der Waals surface area (Å²) in [5, 5.41) is 11.1. The molecule has 0 atom stereocenters. The fraction of sp³-hybridized carbons (Fsp3) is 0.250. The Kier molecular flexibility index (Phi) is 4.43. The van der Waals surface area contributed by atoms with Crippen LogP contribution in [0.2, 0.25) is 10.0 Å². The van der Waals surface area contributed by atoms with Crippen LogP contribution in [0.15, 0.2) is 22.6 Å². The third kappa shape index (κ3) is 2.95. The molecule has 1 aromatic carbocycles. The summed E-state index contributed by atoms with van der Waals surface area (Å²) in [7, 11) is 0. The Morgan fingerprint density at radius 3 is 2.71 bits per heavy atom. The summed E-state index contributed by atoms with van der Waals surface area (Å²) in [6.45, 7) is 1.60. The Morgan fingerprint density at radius 2 is 2.12 bits per heavy atom. The average molecular weight is 370 g/mol. The Labute approximate surface area is 147 Å². The van der Waals surface area contributed by atoms with E-state index >= 15 is 0 Å². The first-order valence-electron chi connectivity index (χ1n) is 7.18. The predicted molar refractivity (Wildman–Crippen MR) is 88.7 cm³/mol. The molecule has 2 heterocycles. The van der Waals surface area contributed by atoms with Crippen LogP contribution in [-0.2, 0) is 9.59 Å². The van der Waals surface area contributed by atoms with Crippen LogP contribution in [0.25, 0.3) is 11.3 Å². The number of hydrogen-bond acceptors (Lipinski definition) is 5. The first-order chi connectivity index (χ1) is 11.4. The number of anilines is 1. The smallest absolute Gasteiger partial charge is 0.308 e. The second kappa shape index (κ2) is 6.37. The molecule has 1 aliphatic rings. The summed E-state index contributed by atoms with van der Waals surface area (Å²) >= 11 is 12.0. The maximum atomic E-state index is 12.0. The van der Waals surface area contributed by atoms with Gasteiger partial charge in [-0.3, -0.25) is 14.5 Å². The van der Waals surface area contributed by atoms with Crippen molar-refractivity contribution < 1.29 is 23.8 Å². The number of halogens is 2. The van der Waals surface area contributed by atoms with Gasteiger partial charge in [0, 0.05) is 30.5 Å². The number of rotatable bonds is 3. The zero-order valence-corrected chi connectivity index (χ0v) is 14.1. The summed E-state index contributed by atoms with van der Waals surface area (Å²) < 4.78 is 10.7. The molecule has 0 spiro atoms. The van der Waals surface area contributed by atoms with Crippen molar-refractivity contribution in [3.63, 3.8) is 0 Å². The van der Waals surface area contributed by atoms with Crippen LogP contribution < -0.4 is 9.64 Å². The molecule has 2 aromatic rings. The third-order valence-electron chi connectivity index (χ3n) is 3.56. The van der Waals surface area contributed by atoms with Gasteiger partial charge in [-0.15, -0.1) is 0 Å². The van der Waals surface area contributed by atoms with Crippen LogP contribution in [0.5, 0.6) is 11.5 Å². The third-order valence-corrected chi connectivity index (χ3v) is 4.11. The minimum absolute atomic E-state index is 0.00242. The van der Waals surface area contributed by atoms with E-state index in [4.69, 9.17) is 32.4 Å². The van der Waals surface area contributed by atoms with Crippen LogP contribution in [0, 0.1) is 0 Å². The van der Waals surface area contributed by atoms with Crippen molar-refractivity contribution >= 4 is 41.0 Å². The van der Waals surface area contributed by atoms with E-state index < -0.39 is 11.7 Å². The standard InChI is InChI=1S/C16H13Cl2NO5/c1-8(20)23-15-13(22)14(10-5-4-9(17)7-11(10)18)24-16(15)19-6-2-3-12(19)21/h4-5,7,22H,2-3,6H2,1H3. The molecule has 6 nitrogen and oxygen atoms in total. The minimum atomic E-state index is -0.646. The van der Waals surface area contributed by atoms with Crippen molar-refractivity contribution in [1.82, 2.24) is 0 Å². The summed E-state index contributed by atoms with van der Waals surface area (Å²) in [6, 6.07) is 4.64. The summed E-state index contributed by atoms with van der Waals surface area (Å²) in [5.41, 5.74) is 0.366. The van der Waals surface area contributed by atoms with E-state index in [0.717, 1.165) is 0 Å². The molecule has 1 saturated heterocycles. The van der Waals surface area contributed by atoms with Gasteiger partial charge in [0.15, 0.2) is 5.76 Å². The van der Waals surface area contributed by atoms with E-state index in [1.807, 2.05) is 0 Å². The number of ether oxygens (including phenoxy) is 1. The monoisotopic (exact) mass is 369 g/mol. The Morgan fingerprint density at radius 1 is 1.38 bits per heavy atom. The first-order valence-corrected chi connectivity index (χ1v) is 7.94. The molecule has 0 radical (unpaired) electrons. The predicted octanol–water partition coefficient (Wildman–Crippen LogP) is 4.01. The molecule has 0 saturated carbocycles. The first kappa shape index (κ1) is 16.7. The van der Waals surface area contributed by atoms with E-state index in [0.29, 0.717) is 30.0 Å². The van der Waals surface area contributed by atoms with Crippen molar-refractivity contribution in [2.24, 2.45) is 0 Å². The second-order valence-electron chi connectivity index (χ2n) is 5.28. The van der Waals surface area contributed by atoms with Gasteiger partial charge in [0.1, 0.15) is 0 Å². The average Bonchev–Trinajstić information content (AvgIpc) is 3.04. The number of esters is 1. The van der Waals surface area contributed by atoms with E-state index in [1.54, 1.807) is 12.1 Å². The van der Waals surface area contributed by atoms with E-state index in [-0.39, 0.29) is 28.3 Å². The molecule has 1 aromatic heterocycles. The molecule has 1 fully saturated rings. The number of furan rings is 1. The molecule has 1 amide bonds. The molecule has 8 heteroatoms. The number of benzene rings is 1. The fourth-order valence-electron chi connectivity index (χ4n) is 2.53. The number of carbonyl (C=O) groups is 2. The summed E-state index contributed by atoms with van der Waals surface area (Å²) in [5.74, 6) is -1.42. The lowest BCUT2D eigenvalue weighted by molar-refractivity contribution is -0.132. The van der Waals surface area contributed by atoms with Crippen molar-refractivity contribution in [1.29, 1.82) is 0 Å². The molecule has 24 heavy (non-hydrogen) atoms. The normalized spacial score (nSPS) is 14.3. The van der Waals surface area contributed by atoms with E-state index in [2.05, 4.69) is 0 Å². The van der Waals surface area contributed by atoms with Crippen molar-refractivity contribution in [2.75, 3.05) is 11.4 Å². The van der Waals surface area contributed by atoms with Crippen LogP contribution in [0.4, 0.5) is 5.88 Å². The molecule has 0 unspecified atom stereocenters. The molecule has 1 aliphatic heterocycles. The highest BCUT2D eigenvalue weighted by Gasteiger charge is 2.33. The van der Waals surface area contributed by atoms with Gasteiger partial charge in [-0.1, -0.05) is 23.2 Å². The number of aromatic hydroxyl groups is 1. The van der Waals surface area contributed by atoms with Crippen molar-refractivity contribution in [3.05, 3.63) is 28.2 Å². The van der Waals surface area contributed by atoms with E-state index in [9.17, 15) is 14.7 Å².